The maximum atomic E-state index is 13.3. The fraction of sp³-hybridized carbons (Fsp3) is 0.440. The second-order valence-electron chi connectivity index (χ2n) is 7.97. The quantitative estimate of drug-likeness (QED) is 0.383. The third-order valence-electron chi connectivity index (χ3n) is 5.54. The van der Waals surface area contributed by atoms with Crippen molar-refractivity contribution in [3.05, 3.63) is 48.0 Å². The molecule has 2 aromatic carbocycles. The molecule has 0 bridgehead atoms. The van der Waals surface area contributed by atoms with E-state index in [4.69, 9.17) is 14.5 Å². The van der Waals surface area contributed by atoms with E-state index in [1.807, 2.05) is 30.0 Å². The molecule has 0 N–H and O–H groups in total. The molecule has 8 heteroatoms. The summed E-state index contributed by atoms with van der Waals surface area (Å²) in [5.74, 6) is 1.70. The minimum Gasteiger partial charge on any atom is -0.494 e. The van der Waals surface area contributed by atoms with Gasteiger partial charge in [-0.1, -0.05) is 29.0 Å². The molecule has 0 unspecified atom stereocenters. The first-order chi connectivity index (χ1) is 16.1. The van der Waals surface area contributed by atoms with Crippen molar-refractivity contribution in [3.63, 3.8) is 0 Å². The molecule has 1 aliphatic heterocycles. The molecule has 4 rings (SSSR count). The molecule has 0 radical (unpaired) electrons. The van der Waals surface area contributed by atoms with Gasteiger partial charge >= 0.3 is 0 Å². The van der Waals surface area contributed by atoms with Crippen LogP contribution in [0.15, 0.2) is 47.4 Å². The van der Waals surface area contributed by atoms with E-state index in [1.165, 1.54) is 10.5 Å². The summed E-state index contributed by atoms with van der Waals surface area (Å²) >= 11 is 3.28. The van der Waals surface area contributed by atoms with E-state index >= 15 is 0 Å². The van der Waals surface area contributed by atoms with Gasteiger partial charge in [0.2, 0.25) is 5.91 Å². The SMILES string of the molecule is CCOc1ccc2nc(N(CCN3CCOCC3)C(=O)CCSc3ccc(C)cc3)sc2c1. The number of benzene rings is 2. The van der Waals surface area contributed by atoms with Crippen LogP contribution in [0.1, 0.15) is 18.9 Å². The van der Waals surface area contributed by atoms with Gasteiger partial charge in [0.15, 0.2) is 5.13 Å². The molecule has 33 heavy (non-hydrogen) atoms. The summed E-state index contributed by atoms with van der Waals surface area (Å²) in [6.07, 6.45) is 0.474. The smallest absolute Gasteiger partial charge is 0.229 e. The number of morpholine rings is 1. The number of amides is 1. The molecule has 0 spiro atoms. The molecule has 2 heterocycles. The van der Waals surface area contributed by atoms with Gasteiger partial charge in [0.25, 0.3) is 0 Å². The Bertz CT molecular complexity index is 1050. The van der Waals surface area contributed by atoms with Crippen LogP contribution in [0, 0.1) is 6.92 Å². The highest BCUT2D eigenvalue weighted by atomic mass is 32.2. The van der Waals surface area contributed by atoms with Gasteiger partial charge in [-0.2, -0.15) is 0 Å². The first-order valence-electron chi connectivity index (χ1n) is 11.5. The van der Waals surface area contributed by atoms with Crippen molar-refractivity contribution >= 4 is 44.4 Å². The van der Waals surface area contributed by atoms with Crippen LogP contribution in [0.3, 0.4) is 0 Å². The number of thiazole rings is 1. The fourth-order valence-electron chi connectivity index (χ4n) is 3.68. The summed E-state index contributed by atoms with van der Waals surface area (Å²) < 4.78 is 12.1. The zero-order valence-electron chi connectivity index (χ0n) is 19.3. The average molecular weight is 486 g/mol. The minimum atomic E-state index is 0.118. The summed E-state index contributed by atoms with van der Waals surface area (Å²) in [7, 11) is 0. The predicted molar refractivity (Wildman–Crippen MR) is 137 cm³/mol. The minimum absolute atomic E-state index is 0.118. The van der Waals surface area contributed by atoms with E-state index in [-0.39, 0.29) is 5.91 Å². The van der Waals surface area contributed by atoms with Gasteiger partial charge < -0.3 is 9.47 Å². The highest BCUT2D eigenvalue weighted by molar-refractivity contribution is 7.99. The molecular weight excluding hydrogens is 454 g/mol. The van der Waals surface area contributed by atoms with Crippen molar-refractivity contribution in [2.24, 2.45) is 0 Å². The first-order valence-corrected chi connectivity index (χ1v) is 13.3. The monoisotopic (exact) mass is 485 g/mol. The average Bonchev–Trinajstić information content (AvgIpc) is 3.24. The van der Waals surface area contributed by atoms with Crippen LogP contribution in [-0.4, -0.2) is 67.5 Å². The van der Waals surface area contributed by atoms with Gasteiger partial charge in [-0.3, -0.25) is 14.6 Å². The zero-order chi connectivity index (χ0) is 23.0. The van der Waals surface area contributed by atoms with E-state index in [0.717, 1.165) is 59.7 Å². The van der Waals surface area contributed by atoms with E-state index in [2.05, 4.69) is 36.1 Å². The molecule has 6 nitrogen and oxygen atoms in total. The van der Waals surface area contributed by atoms with Crippen LogP contribution in [0.4, 0.5) is 5.13 Å². The lowest BCUT2D eigenvalue weighted by molar-refractivity contribution is -0.118. The number of rotatable bonds is 10. The Morgan fingerprint density at radius 1 is 1.21 bits per heavy atom. The molecule has 176 valence electrons. The van der Waals surface area contributed by atoms with Gasteiger partial charge in [-0.05, 0) is 44.2 Å². The van der Waals surface area contributed by atoms with Crippen LogP contribution < -0.4 is 9.64 Å². The zero-order valence-corrected chi connectivity index (χ0v) is 20.9. The number of anilines is 1. The number of aryl methyl sites for hydroxylation is 1. The lowest BCUT2D eigenvalue weighted by Gasteiger charge is -2.29. The van der Waals surface area contributed by atoms with Crippen molar-refractivity contribution in [2.45, 2.75) is 25.2 Å². The molecule has 0 aliphatic carbocycles. The van der Waals surface area contributed by atoms with Gasteiger partial charge in [-0.15, -0.1) is 11.8 Å². The van der Waals surface area contributed by atoms with Gasteiger partial charge in [0.1, 0.15) is 5.75 Å². The topological polar surface area (TPSA) is 54.9 Å². The Balaban J connectivity index is 1.46. The third kappa shape index (κ3) is 6.69. The van der Waals surface area contributed by atoms with Crippen molar-refractivity contribution in [3.8, 4) is 5.75 Å². The number of thioether (sulfide) groups is 1. The maximum Gasteiger partial charge on any atom is 0.229 e. The molecule has 1 aromatic heterocycles. The number of carbonyl (C=O) groups excluding carboxylic acids is 1. The number of nitrogens with zero attached hydrogens (tertiary/aromatic N) is 3. The van der Waals surface area contributed by atoms with E-state index in [9.17, 15) is 4.79 Å². The van der Waals surface area contributed by atoms with E-state index < -0.39 is 0 Å². The van der Waals surface area contributed by atoms with Gasteiger partial charge in [0.05, 0.1) is 30.0 Å². The lowest BCUT2D eigenvalue weighted by Crippen LogP contribution is -2.43. The van der Waals surface area contributed by atoms with Crippen molar-refractivity contribution in [2.75, 3.05) is 56.7 Å². The summed E-state index contributed by atoms with van der Waals surface area (Å²) in [6, 6.07) is 14.4. The molecule has 0 saturated carbocycles. The highest BCUT2D eigenvalue weighted by Crippen LogP contribution is 2.32. The number of ether oxygens (including phenoxy) is 2. The summed E-state index contributed by atoms with van der Waals surface area (Å²) in [4.78, 5) is 23.5. The van der Waals surface area contributed by atoms with Gasteiger partial charge in [-0.25, -0.2) is 4.98 Å². The van der Waals surface area contributed by atoms with Crippen LogP contribution >= 0.6 is 23.1 Å². The Hall–Kier alpha value is -2.13. The number of hydrogen-bond acceptors (Lipinski definition) is 7. The number of aromatic nitrogens is 1. The van der Waals surface area contributed by atoms with Crippen LogP contribution in [0.25, 0.3) is 10.2 Å². The summed E-state index contributed by atoms with van der Waals surface area (Å²) in [5.41, 5.74) is 2.14. The molecule has 1 saturated heterocycles. The summed E-state index contributed by atoms with van der Waals surface area (Å²) in [5, 5.41) is 0.761. The Morgan fingerprint density at radius 2 is 2.00 bits per heavy atom. The van der Waals surface area contributed by atoms with Crippen molar-refractivity contribution < 1.29 is 14.3 Å². The Labute approximate surface area is 203 Å². The van der Waals surface area contributed by atoms with Gasteiger partial charge in [0, 0.05) is 43.2 Å². The maximum absolute atomic E-state index is 13.3. The molecule has 1 fully saturated rings. The van der Waals surface area contributed by atoms with E-state index in [1.54, 1.807) is 23.1 Å². The van der Waals surface area contributed by atoms with Crippen molar-refractivity contribution in [1.29, 1.82) is 0 Å². The van der Waals surface area contributed by atoms with Crippen LogP contribution in [0.2, 0.25) is 0 Å². The predicted octanol–water partition coefficient (Wildman–Crippen LogP) is 4.85. The molecular formula is C25H31N3O3S2. The number of carbonyl (C=O) groups is 1. The lowest BCUT2D eigenvalue weighted by atomic mass is 10.2. The normalized spacial score (nSPS) is 14.5. The van der Waals surface area contributed by atoms with Crippen LogP contribution in [-0.2, 0) is 9.53 Å². The van der Waals surface area contributed by atoms with Crippen molar-refractivity contribution in [1.82, 2.24) is 9.88 Å². The van der Waals surface area contributed by atoms with E-state index in [0.29, 0.717) is 19.6 Å². The number of hydrogen-bond donors (Lipinski definition) is 0. The standard InChI is InChI=1S/C25H31N3O3S2/c1-3-31-20-6-9-22-23(18-20)33-25(26-22)28(12-11-27-13-15-30-16-14-27)24(29)10-17-32-21-7-4-19(2)5-8-21/h4-9,18H,3,10-17H2,1-2H3. The summed E-state index contributed by atoms with van der Waals surface area (Å²) in [6.45, 7) is 9.45. The first kappa shape index (κ1) is 24.0. The molecule has 3 aromatic rings. The molecule has 1 amide bonds. The fourth-order valence-corrected chi connectivity index (χ4v) is 5.56. The number of fused-ring (bicyclic) bond motifs is 1. The Morgan fingerprint density at radius 3 is 2.76 bits per heavy atom. The second kappa shape index (κ2) is 11.8. The molecule has 1 aliphatic rings. The third-order valence-corrected chi connectivity index (χ3v) is 7.60. The Kier molecular flexibility index (Phi) is 8.61. The second-order valence-corrected chi connectivity index (χ2v) is 10.1. The highest BCUT2D eigenvalue weighted by Gasteiger charge is 2.21. The molecule has 0 atom stereocenters. The van der Waals surface area contributed by atoms with Crippen LogP contribution in [0.5, 0.6) is 5.75 Å². The largest absolute Gasteiger partial charge is 0.494 e.